The van der Waals surface area contributed by atoms with Crippen LogP contribution in [0.5, 0.6) is 0 Å². The van der Waals surface area contributed by atoms with E-state index in [1.165, 1.54) is 6.42 Å². The molecule has 0 aromatic heterocycles. The van der Waals surface area contributed by atoms with Crippen LogP contribution in [0.25, 0.3) is 0 Å². The maximum absolute atomic E-state index is 14.3. The van der Waals surface area contributed by atoms with Crippen LogP contribution < -0.4 is 10.6 Å². The largest absolute Gasteiger partial charge is 0.369 e. The Morgan fingerprint density at radius 2 is 1.95 bits per heavy atom. The van der Waals surface area contributed by atoms with Crippen molar-refractivity contribution in [3.63, 3.8) is 0 Å². The van der Waals surface area contributed by atoms with Crippen molar-refractivity contribution in [3.8, 4) is 0 Å². The minimum absolute atomic E-state index is 0.134. The van der Waals surface area contributed by atoms with Gasteiger partial charge in [-0.1, -0.05) is 26.0 Å². The number of anilines is 1. The predicted molar refractivity (Wildman–Crippen MR) is 83.4 cm³/mol. The zero-order valence-corrected chi connectivity index (χ0v) is 12.9. The predicted octanol–water partition coefficient (Wildman–Crippen LogP) is 4.11. The van der Waals surface area contributed by atoms with E-state index in [4.69, 9.17) is 5.73 Å². The van der Waals surface area contributed by atoms with Gasteiger partial charge in [-0.3, -0.25) is 0 Å². The fourth-order valence-electron chi connectivity index (χ4n) is 3.25. The molecular formula is C17H27FN2. The van der Waals surface area contributed by atoms with E-state index in [-0.39, 0.29) is 11.9 Å². The van der Waals surface area contributed by atoms with Crippen LogP contribution in [0.3, 0.4) is 0 Å². The minimum atomic E-state index is -0.136. The second-order valence-electron chi connectivity index (χ2n) is 6.39. The van der Waals surface area contributed by atoms with Gasteiger partial charge in [0, 0.05) is 19.1 Å². The van der Waals surface area contributed by atoms with Gasteiger partial charge >= 0.3 is 0 Å². The first-order chi connectivity index (χ1) is 9.50. The van der Waals surface area contributed by atoms with Crippen molar-refractivity contribution in [1.82, 2.24) is 0 Å². The van der Waals surface area contributed by atoms with Crippen molar-refractivity contribution in [2.45, 2.75) is 46.1 Å². The molecule has 20 heavy (non-hydrogen) atoms. The lowest BCUT2D eigenvalue weighted by Gasteiger charge is -2.27. The van der Waals surface area contributed by atoms with Gasteiger partial charge in [0.15, 0.2) is 0 Å². The Morgan fingerprint density at radius 3 is 2.60 bits per heavy atom. The van der Waals surface area contributed by atoms with Crippen LogP contribution in [0.15, 0.2) is 18.2 Å². The molecule has 1 aliphatic rings. The summed E-state index contributed by atoms with van der Waals surface area (Å²) in [6.07, 6.45) is 3.52. The molecular weight excluding hydrogens is 251 g/mol. The summed E-state index contributed by atoms with van der Waals surface area (Å²) in [6.45, 7) is 8.37. The molecule has 1 unspecified atom stereocenters. The molecule has 0 amide bonds. The number of para-hydroxylation sites is 1. The molecule has 1 aromatic rings. The Labute approximate surface area is 122 Å². The molecule has 0 radical (unpaired) electrons. The molecule has 2 nitrogen and oxygen atoms in total. The van der Waals surface area contributed by atoms with Crippen LogP contribution in [0.1, 0.15) is 51.6 Å². The molecule has 0 spiro atoms. The SMILES string of the molecule is CC(C)C1CCCN(c2c(F)cccc2[C@@H](C)N)CC1. The summed E-state index contributed by atoms with van der Waals surface area (Å²) in [5, 5.41) is 0. The summed E-state index contributed by atoms with van der Waals surface area (Å²) in [6, 6.07) is 5.12. The van der Waals surface area contributed by atoms with Crippen LogP contribution in [-0.2, 0) is 0 Å². The summed E-state index contributed by atoms with van der Waals surface area (Å²) >= 11 is 0. The van der Waals surface area contributed by atoms with E-state index in [2.05, 4.69) is 18.7 Å². The maximum Gasteiger partial charge on any atom is 0.146 e. The van der Waals surface area contributed by atoms with Gasteiger partial charge < -0.3 is 10.6 Å². The van der Waals surface area contributed by atoms with Crippen LogP contribution >= 0.6 is 0 Å². The number of nitrogens with two attached hydrogens (primary N) is 1. The minimum Gasteiger partial charge on any atom is -0.369 e. The van der Waals surface area contributed by atoms with Gasteiger partial charge in [0.05, 0.1) is 5.69 Å². The topological polar surface area (TPSA) is 29.3 Å². The van der Waals surface area contributed by atoms with Crippen molar-refractivity contribution in [2.24, 2.45) is 17.6 Å². The van der Waals surface area contributed by atoms with Gasteiger partial charge in [-0.05, 0) is 49.7 Å². The smallest absolute Gasteiger partial charge is 0.146 e. The number of halogens is 1. The highest BCUT2D eigenvalue weighted by atomic mass is 19.1. The summed E-state index contributed by atoms with van der Waals surface area (Å²) in [5.74, 6) is 1.33. The molecule has 2 rings (SSSR count). The highest BCUT2D eigenvalue weighted by molar-refractivity contribution is 5.56. The third-order valence-electron chi connectivity index (χ3n) is 4.54. The fraction of sp³-hybridized carbons (Fsp3) is 0.647. The first-order valence-corrected chi connectivity index (χ1v) is 7.79. The third kappa shape index (κ3) is 3.32. The molecule has 1 saturated heterocycles. The molecule has 2 atom stereocenters. The highest BCUT2D eigenvalue weighted by Gasteiger charge is 2.23. The molecule has 3 heteroatoms. The van der Waals surface area contributed by atoms with E-state index in [9.17, 15) is 4.39 Å². The molecule has 112 valence electrons. The Kier molecular flexibility index (Phi) is 5.03. The Hall–Kier alpha value is -1.09. The Balaban J connectivity index is 2.23. The average molecular weight is 278 g/mol. The molecule has 1 fully saturated rings. The lowest BCUT2D eigenvalue weighted by atomic mass is 9.89. The zero-order chi connectivity index (χ0) is 14.7. The van der Waals surface area contributed by atoms with E-state index in [1.807, 2.05) is 13.0 Å². The van der Waals surface area contributed by atoms with E-state index in [0.717, 1.165) is 43.1 Å². The van der Waals surface area contributed by atoms with Gasteiger partial charge in [-0.2, -0.15) is 0 Å². The summed E-state index contributed by atoms with van der Waals surface area (Å²) in [5.41, 5.74) is 7.66. The first kappa shape index (κ1) is 15.3. The maximum atomic E-state index is 14.3. The molecule has 0 bridgehead atoms. The number of hydrogen-bond acceptors (Lipinski definition) is 2. The Morgan fingerprint density at radius 1 is 1.20 bits per heavy atom. The number of benzene rings is 1. The monoisotopic (exact) mass is 278 g/mol. The highest BCUT2D eigenvalue weighted by Crippen LogP contribution is 2.32. The number of rotatable bonds is 3. The van der Waals surface area contributed by atoms with Crippen molar-refractivity contribution in [3.05, 3.63) is 29.6 Å². The van der Waals surface area contributed by atoms with Crippen LogP contribution in [-0.4, -0.2) is 13.1 Å². The molecule has 2 N–H and O–H groups in total. The van der Waals surface area contributed by atoms with Gasteiger partial charge in [-0.15, -0.1) is 0 Å². The summed E-state index contributed by atoms with van der Waals surface area (Å²) in [4.78, 5) is 2.20. The van der Waals surface area contributed by atoms with Crippen molar-refractivity contribution in [1.29, 1.82) is 0 Å². The van der Waals surface area contributed by atoms with E-state index < -0.39 is 0 Å². The zero-order valence-electron chi connectivity index (χ0n) is 12.9. The van der Waals surface area contributed by atoms with E-state index >= 15 is 0 Å². The van der Waals surface area contributed by atoms with E-state index in [0.29, 0.717) is 5.92 Å². The molecule has 0 aliphatic carbocycles. The lowest BCUT2D eigenvalue weighted by molar-refractivity contribution is 0.351. The Bertz CT molecular complexity index is 443. The molecule has 1 heterocycles. The lowest BCUT2D eigenvalue weighted by Crippen LogP contribution is -2.28. The molecule has 1 aromatic carbocycles. The van der Waals surface area contributed by atoms with E-state index in [1.54, 1.807) is 12.1 Å². The van der Waals surface area contributed by atoms with Crippen molar-refractivity contribution in [2.75, 3.05) is 18.0 Å². The van der Waals surface area contributed by atoms with Gasteiger partial charge in [0.2, 0.25) is 0 Å². The fourth-order valence-corrected chi connectivity index (χ4v) is 3.25. The summed E-state index contributed by atoms with van der Waals surface area (Å²) < 4.78 is 14.3. The van der Waals surface area contributed by atoms with Crippen molar-refractivity contribution < 1.29 is 4.39 Å². The normalized spacial score (nSPS) is 21.9. The van der Waals surface area contributed by atoms with Crippen molar-refractivity contribution >= 4 is 5.69 Å². The van der Waals surface area contributed by atoms with Gasteiger partial charge in [0.25, 0.3) is 0 Å². The van der Waals surface area contributed by atoms with Gasteiger partial charge in [-0.25, -0.2) is 4.39 Å². The first-order valence-electron chi connectivity index (χ1n) is 7.79. The quantitative estimate of drug-likeness (QED) is 0.901. The average Bonchev–Trinajstić information content (AvgIpc) is 2.64. The molecule has 0 saturated carbocycles. The van der Waals surface area contributed by atoms with Crippen LogP contribution in [0, 0.1) is 17.7 Å². The number of nitrogens with zero attached hydrogens (tertiary/aromatic N) is 1. The third-order valence-corrected chi connectivity index (χ3v) is 4.54. The number of hydrogen-bond donors (Lipinski definition) is 1. The summed E-state index contributed by atoms with van der Waals surface area (Å²) in [7, 11) is 0. The van der Waals surface area contributed by atoms with Crippen LogP contribution in [0.4, 0.5) is 10.1 Å². The molecule has 1 aliphatic heterocycles. The second-order valence-corrected chi connectivity index (χ2v) is 6.39. The van der Waals surface area contributed by atoms with Crippen LogP contribution in [0.2, 0.25) is 0 Å². The van der Waals surface area contributed by atoms with Gasteiger partial charge in [0.1, 0.15) is 5.82 Å². The standard InChI is InChI=1S/C17H27FN2/c1-12(2)14-6-5-10-20(11-9-14)17-15(13(3)19)7-4-8-16(17)18/h4,7-8,12-14H,5-6,9-11,19H2,1-3H3/t13-,14?/m1/s1. The second kappa shape index (κ2) is 6.57.